The van der Waals surface area contributed by atoms with Gasteiger partial charge in [-0.3, -0.25) is 9.59 Å². The van der Waals surface area contributed by atoms with Crippen molar-refractivity contribution < 1.29 is 19.4 Å². The SMILES string of the molecule is CCC(C)N(CC(=O)O)C(=O)C1(N)CCOCC1. The molecule has 0 saturated carbocycles. The fraction of sp³-hybridized carbons (Fsp3) is 0.833. The van der Waals surface area contributed by atoms with Gasteiger partial charge in [-0.05, 0) is 26.2 Å². The molecule has 1 rings (SSSR count). The zero-order chi connectivity index (χ0) is 13.8. The Labute approximate surface area is 107 Å². The van der Waals surface area contributed by atoms with Gasteiger partial charge in [-0.2, -0.15) is 0 Å². The van der Waals surface area contributed by atoms with Crippen LogP contribution in [0.3, 0.4) is 0 Å². The summed E-state index contributed by atoms with van der Waals surface area (Å²) in [5, 5.41) is 8.90. The highest BCUT2D eigenvalue weighted by Crippen LogP contribution is 2.22. The first-order valence-corrected chi connectivity index (χ1v) is 6.30. The third-order valence-electron chi connectivity index (χ3n) is 3.50. The van der Waals surface area contributed by atoms with Gasteiger partial charge >= 0.3 is 5.97 Å². The number of ether oxygens (including phenoxy) is 1. The second kappa shape index (κ2) is 6.15. The molecule has 1 aliphatic heterocycles. The lowest BCUT2D eigenvalue weighted by molar-refractivity contribution is -0.150. The minimum atomic E-state index is -1.01. The molecule has 18 heavy (non-hydrogen) atoms. The maximum absolute atomic E-state index is 12.4. The molecule has 6 nitrogen and oxygen atoms in total. The van der Waals surface area contributed by atoms with E-state index >= 15 is 0 Å². The largest absolute Gasteiger partial charge is 0.480 e. The van der Waals surface area contributed by atoms with E-state index in [0.717, 1.165) is 0 Å². The normalized spacial score (nSPS) is 20.2. The van der Waals surface area contributed by atoms with E-state index in [0.29, 0.717) is 32.5 Å². The molecule has 0 aromatic heterocycles. The Hall–Kier alpha value is -1.14. The third kappa shape index (κ3) is 3.43. The van der Waals surface area contributed by atoms with Gasteiger partial charge in [-0.25, -0.2) is 0 Å². The molecule has 0 bridgehead atoms. The molecule has 1 aliphatic rings. The van der Waals surface area contributed by atoms with Gasteiger partial charge < -0.3 is 20.5 Å². The van der Waals surface area contributed by atoms with Crippen LogP contribution in [0.25, 0.3) is 0 Å². The molecule has 0 aliphatic carbocycles. The Morgan fingerprint density at radius 3 is 2.44 bits per heavy atom. The number of nitrogens with two attached hydrogens (primary N) is 1. The Morgan fingerprint density at radius 2 is 2.00 bits per heavy atom. The predicted octanol–water partition coefficient (Wildman–Crippen LogP) is 0.206. The van der Waals surface area contributed by atoms with Gasteiger partial charge in [0.25, 0.3) is 0 Å². The van der Waals surface area contributed by atoms with Crippen LogP contribution in [0.5, 0.6) is 0 Å². The van der Waals surface area contributed by atoms with Crippen molar-refractivity contribution in [2.75, 3.05) is 19.8 Å². The molecule has 1 saturated heterocycles. The average Bonchev–Trinajstić information content (AvgIpc) is 2.35. The lowest BCUT2D eigenvalue weighted by Crippen LogP contribution is -2.60. The summed E-state index contributed by atoms with van der Waals surface area (Å²) in [5.74, 6) is -1.29. The molecular weight excluding hydrogens is 236 g/mol. The number of aliphatic carboxylic acids is 1. The van der Waals surface area contributed by atoms with Crippen LogP contribution in [-0.4, -0.2) is 53.2 Å². The molecular formula is C12H22N2O4. The molecule has 1 heterocycles. The fourth-order valence-electron chi connectivity index (χ4n) is 2.03. The fourth-order valence-corrected chi connectivity index (χ4v) is 2.03. The number of hydrogen-bond donors (Lipinski definition) is 2. The second-order valence-electron chi connectivity index (χ2n) is 4.85. The zero-order valence-corrected chi connectivity index (χ0v) is 11.0. The lowest BCUT2D eigenvalue weighted by atomic mass is 9.89. The molecule has 0 radical (unpaired) electrons. The first kappa shape index (κ1) is 14.9. The summed E-state index contributed by atoms with van der Waals surface area (Å²) in [5.41, 5.74) is 5.13. The highest BCUT2D eigenvalue weighted by Gasteiger charge is 2.40. The molecule has 0 spiro atoms. The third-order valence-corrected chi connectivity index (χ3v) is 3.50. The lowest BCUT2D eigenvalue weighted by Gasteiger charge is -2.38. The van der Waals surface area contributed by atoms with E-state index in [4.69, 9.17) is 15.6 Å². The van der Waals surface area contributed by atoms with Crippen molar-refractivity contribution in [3.05, 3.63) is 0 Å². The summed E-state index contributed by atoms with van der Waals surface area (Å²) in [6, 6.07) is -0.128. The number of amides is 1. The summed E-state index contributed by atoms with van der Waals surface area (Å²) in [6.45, 7) is 4.35. The van der Waals surface area contributed by atoms with Gasteiger partial charge in [0.05, 0.1) is 5.54 Å². The molecule has 6 heteroatoms. The summed E-state index contributed by atoms with van der Waals surface area (Å²) < 4.78 is 5.20. The quantitative estimate of drug-likeness (QED) is 0.735. The minimum absolute atomic E-state index is 0.128. The van der Waals surface area contributed by atoms with Crippen LogP contribution in [0.4, 0.5) is 0 Å². The van der Waals surface area contributed by atoms with Crippen LogP contribution in [0.2, 0.25) is 0 Å². The summed E-state index contributed by atoms with van der Waals surface area (Å²) in [7, 11) is 0. The van der Waals surface area contributed by atoms with Crippen LogP contribution in [0, 0.1) is 0 Å². The first-order chi connectivity index (χ1) is 8.40. The molecule has 3 N–H and O–H groups in total. The number of carboxylic acids is 1. The molecule has 0 aromatic rings. The number of nitrogens with zero attached hydrogens (tertiary/aromatic N) is 1. The van der Waals surface area contributed by atoms with Crippen molar-refractivity contribution in [3.63, 3.8) is 0 Å². The summed E-state index contributed by atoms with van der Waals surface area (Å²) in [6.07, 6.45) is 1.59. The van der Waals surface area contributed by atoms with E-state index < -0.39 is 11.5 Å². The van der Waals surface area contributed by atoms with Crippen molar-refractivity contribution in [2.45, 2.75) is 44.7 Å². The van der Waals surface area contributed by atoms with Crippen LogP contribution >= 0.6 is 0 Å². The van der Waals surface area contributed by atoms with Crippen molar-refractivity contribution in [1.82, 2.24) is 4.90 Å². The van der Waals surface area contributed by atoms with E-state index in [1.807, 2.05) is 13.8 Å². The molecule has 1 atom stereocenters. The Bertz CT molecular complexity index is 313. The molecule has 0 aromatic carbocycles. The predicted molar refractivity (Wildman–Crippen MR) is 66.1 cm³/mol. The Kier molecular flexibility index (Phi) is 5.10. The van der Waals surface area contributed by atoms with Crippen LogP contribution in [0.15, 0.2) is 0 Å². The summed E-state index contributed by atoms with van der Waals surface area (Å²) >= 11 is 0. The second-order valence-corrected chi connectivity index (χ2v) is 4.85. The molecule has 1 amide bonds. The molecule has 1 unspecified atom stereocenters. The van der Waals surface area contributed by atoms with Crippen molar-refractivity contribution >= 4 is 11.9 Å². The van der Waals surface area contributed by atoms with Crippen molar-refractivity contribution in [3.8, 4) is 0 Å². The standard InChI is InChI=1S/C12H22N2O4/c1-3-9(2)14(8-10(15)16)11(17)12(13)4-6-18-7-5-12/h9H,3-8,13H2,1-2H3,(H,15,16). The van der Waals surface area contributed by atoms with Crippen LogP contribution in [0.1, 0.15) is 33.1 Å². The van der Waals surface area contributed by atoms with E-state index in [2.05, 4.69) is 0 Å². The van der Waals surface area contributed by atoms with Crippen molar-refractivity contribution in [1.29, 1.82) is 0 Å². The first-order valence-electron chi connectivity index (χ1n) is 6.30. The van der Waals surface area contributed by atoms with Crippen LogP contribution < -0.4 is 5.73 Å². The molecule has 1 fully saturated rings. The highest BCUT2D eigenvalue weighted by atomic mass is 16.5. The smallest absolute Gasteiger partial charge is 0.323 e. The number of hydrogen-bond acceptors (Lipinski definition) is 4. The molecule has 104 valence electrons. The number of carbonyl (C=O) groups is 2. The number of carbonyl (C=O) groups excluding carboxylic acids is 1. The monoisotopic (exact) mass is 258 g/mol. The van der Waals surface area contributed by atoms with E-state index in [1.54, 1.807) is 0 Å². The van der Waals surface area contributed by atoms with Gasteiger partial charge in [0.1, 0.15) is 6.54 Å². The van der Waals surface area contributed by atoms with Gasteiger partial charge in [-0.15, -0.1) is 0 Å². The number of rotatable bonds is 5. The van der Waals surface area contributed by atoms with E-state index in [1.165, 1.54) is 4.90 Å². The van der Waals surface area contributed by atoms with Gasteiger partial charge in [-0.1, -0.05) is 6.92 Å². The Morgan fingerprint density at radius 1 is 1.44 bits per heavy atom. The minimum Gasteiger partial charge on any atom is -0.480 e. The highest BCUT2D eigenvalue weighted by molar-refractivity contribution is 5.89. The van der Waals surface area contributed by atoms with Gasteiger partial charge in [0, 0.05) is 19.3 Å². The van der Waals surface area contributed by atoms with Gasteiger partial charge in [0.2, 0.25) is 5.91 Å². The van der Waals surface area contributed by atoms with E-state index in [-0.39, 0.29) is 18.5 Å². The average molecular weight is 258 g/mol. The maximum Gasteiger partial charge on any atom is 0.323 e. The Balaban J connectivity index is 2.83. The van der Waals surface area contributed by atoms with E-state index in [9.17, 15) is 9.59 Å². The van der Waals surface area contributed by atoms with Crippen LogP contribution in [-0.2, 0) is 14.3 Å². The number of carboxylic acid groups (broad SMARTS) is 1. The van der Waals surface area contributed by atoms with Gasteiger partial charge in [0.15, 0.2) is 0 Å². The topological polar surface area (TPSA) is 92.9 Å². The maximum atomic E-state index is 12.4. The summed E-state index contributed by atoms with van der Waals surface area (Å²) in [4.78, 5) is 24.7. The zero-order valence-electron chi connectivity index (χ0n) is 11.0. The van der Waals surface area contributed by atoms with Crippen molar-refractivity contribution in [2.24, 2.45) is 5.73 Å².